The van der Waals surface area contributed by atoms with Gasteiger partial charge < -0.3 is 0 Å². The average molecular weight is 335 g/mol. The van der Waals surface area contributed by atoms with Crippen LogP contribution >= 0.6 is 34.2 Å². The highest BCUT2D eigenvalue weighted by atomic mass is 127. The maximum absolute atomic E-state index is 13.2. The van der Waals surface area contributed by atoms with Gasteiger partial charge in [0.2, 0.25) is 0 Å². The molecule has 0 radical (unpaired) electrons. The van der Waals surface area contributed by atoms with Crippen molar-refractivity contribution in [1.82, 2.24) is 4.98 Å². The van der Waals surface area contributed by atoms with Gasteiger partial charge in [0.25, 0.3) is 11.7 Å². The molecule has 1 aromatic rings. The van der Waals surface area contributed by atoms with Crippen LogP contribution in [0, 0.1) is 9.52 Å². The average Bonchev–Trinajstić information content (AvgIpc) is 2.02. The lowest BCUT2D eigenvalue weighted by Crippen LogP contribution is -2.05. The highest BCUT2D eigenvalue weighted by molar-refractivity contribution is 14.1. The molecular formula is C7H2ClF3INO. The lowest BCUT2D eigenvalue weighted by molar-refractivity contribution is 0.107. The summed E-state index contributed by atoms with van der Waals surface area (Å²) in [7, 11) is 0. The fraction of sp³-hybridized carbons (Fsp3) is 0.143. The summed E-state index contributed by atoms with van der Waals surface area (Å²) in [4.78, 5) is 14.0. The molecule has 76 valence electrons. The molecule has 1 aromatic heterocycles. The molecule has 0 aliphatic rings. The van der Waals surface area contributed by atoms with Gasteiger partial charge >= 0.3 is 0 Å². The third kappa shape index (κ3) is 2.17. The van der Waals surface area contributed by atoms with Crippen molar-refractivity contribution < 1.29 is 18.0 Å². The topological polar surface area (TPSA) is 30.0 Å². The van der Waals surface area contributed by atoms with E-state index in [1.54, 1.807) is 0 Å². The summed E-state index contributed by atoms with van der Waals surface area (Å²) < 4.78 is 37.6. The van der Waals surface area contributed by atoms with Gasteiger partial charge in [-0.2, -0.15) is 0 Å². The molecule has 2 nitrogen and oxygen atoms in total. The van der Waals surface area contributed by atoms with E-state index in [9.17, 15) is 18.0 Å². The van der Waals surface area contributed by atoms with Crippen LogP contribution < -0.4 is 0 Å². The Bertz CT molecular complexity index is 385. The molecule has 0 N–H and O–H groups in total. The van der Waals surface area contributed by atoms with Crippen molar-refractivity contribution in [2.45, 2.75) is 6.43 Å². The van der Waals surface area contributed by atoms with Crippen LogP contribution in [0.3, 0.4) is 0 Å². The Hall–Kier alpha value is -0.370. The van der Waals surface area contributed by atoms with E-state index >= 15 is 0 Å². The second-order valence-corrected chi connectivity index (χ2v) is 3.63. The van der Waals surface area contributed by atoms with Crippen LogP contribution in [0.15, 0.2) is 6.20 Å². The van der Waals surface area contributed by atoms with E-state index in [-0.39, 0.29) is 3.70 Å². The summed E-state index contributed by atoms with van der Waals surface area (Å²) in [6.07, 6.45) is -2.19. The first kappa shape index (κ1) is 11.7. The summed E-state index contributed by atoms with van der Waals surface area (Å²) in [6.45, 7) is 0. The molecule has 0 aliphatic carbocycles. The standard InChI is InChI=1S/C7H2ClF3INO/c8-5(14)2-1-13-7(12)3(4(2)9)6(10)11/h1,6H. The van der Waals surface area contributed by atoms with Crippen LogP contribution in [0.5, 0.6) is 0 Å². The zero-order chi connectivity index (χ0) is 10.9. The largest absolute Gasteiger partial charge is 0.275 e. The molecule has 0 aromatic carbocycles. The first-order valence-corrected chi connectivity index (χ1v) is 4.72. The smallest absolute Gasteiger partial charge is 0.269 e. The van der Waals surface area contributed by atoms with Crippen LogP contribution in [-0.2, 0) is 0 Å². The lowest BCUT2D eigenvalue weighted by Gasteiger charge is -2.05. The highest BCUT2D eigenvalue weighted by Crippen LogP contribution is 2.28. The predicted molar refractivity (Wildman–Crippen MR) is 52.1 cm³/mol. The fourth-order valence-corrected chi connectivity index (χ4v) is 1.55. The summed E-state index contributed by atoms with van der Waals surface area (Å²) in [5.74, 6) is -1.31. The summed E-state index contributed by atoms with van der Waals surface area (Å²) in [5.41, 5.74) is -1.53. The van der Waals surface area contributed by atoms with Gasteiger partial charge in [-0.1, -0.05) is 0 Å². The molecular weight excluding hydrogens is 333 g/mol. The van der Waals surface area contributed by atoms with E-state index in [0.717, 1.165) is 6.20 Å². The van der Waals surface area contributed by atoms with Gasteiger partial charge in [-0.25, -0.2) is 18.2 Å². The van der Waals surface area contributed by atoms with Gasteiger partial charge in [-0.05, 0) is 34.2 Å². The second-order valence-electron chi connectivity index (χ2n) is 2.26. The number of aromatic nitrogens is 1. The van der Waals surface area contributed by atoms with Crippen LogP contribution in [-0.4, -0.2) is 10.2 Å². The van der Waals surface area contributed by atoms with E-state index in [1.807, 2.05) is 0 Å². The molecule has 0 saturated carbocycles. The Morgan fingerprint density at radius 3 is 2.57 bits per heavy atom. The van der Waals surface area contributed by atoms with Gasteiger partial charge in [0.15, 0.2) is 0 Å². The molecule has 1 rings (SSSR count). The number of hydrogen-bond donors (Lipinski definition) is 0. The Balaban J connectivity index is 3.41. The summed E-state index contributed by atoms with van der Waals surface area (Å²) in [6, 6.07) is 0. The molecule has 0 amide bonds. The molecule has 0 saturated heterocycles. The van der Waals surface area contributed by atoms with E-state index in [1.165, 1.54) is 22.6 Å². The molecule has 14 heavy (non-hydrogen) atoms. The minimum Gasteiger partial charge on any atom is -0.275 e. The van der Waals surface area contributed by atoms with Gasteiger partial charge in [0, 0.05) is 6.20 Å². The predicted octanol–water partition coefficient (Wildman–Crippen LogP) is 3.14. The highest BCUT2D eigenvalue weighted by Gasteiger charge is 2.23. The monoisotopic (exact) mass is 335 g/mol. The number of carbonyl (C=O) groups excluding carboxylic acids is 1. The molecule has 0 aliphatic heterocycles. The minimum atomic E-state index is -3.02. The number of nitrogens with zero attached hydrogens (tertiary/aromatic N) is 1. The summed E-state index contributed by atoms with van der Waals surface area (Å²) in [5, 5.41) is -1.15. The number of rotatable bonds is 2. The van der Waals surface area contributed by atoms with Crippen molar-refractivity contribution in [3.63, 3.8) is 0 Å². The Kier molecular flexibility index (Phi) is 3.71. The normalized spacial score (nSPS) is 10.7. The van der Waals surface area contributed by atoms with Crippen molar-refractivity contribution in [2.24, 2.45) is 0 Å². The molecule has 0 fully saturated rings. The first-order chi connectivity index (χ1) is 6.45. The number of pyridine rings is 1. The van der Waals surface area contributed by atoms with Crippen molar-refractivity contribution in [1.29, 1.82) is 0 Å². The van der Waals surface area contributed by atoms with Crippen molar-refractivity contribution >= 4 is 39.4 Å². The van der Waals surface area contributed by atoms with Crippen molar-refractivity contribution in [2.75, 3.05) is 0 Å². The third-order valence-electron chi connectivity index (χ3n) is 1.43. The maximum Gasteiger partial charge on any atom is 0.269 e. The van der Waals surface area contributed by atoms with Crippen LogP contribution in [0.4, 0.5) is 13.2 Å². The van der Waals surface area contributed by atoms with E-state index in [4.69, 9.17) is 11.6 Å². The number of hydrogen-bond acceptors (Lipinski definition) is 2. The van der Waals surface area contributed by atoms with E-state index in [0.29, 0.717) is 0 Å². The van der Waals surface area contributed by atoms with Gasteiger partial charge in [0.1, 0.15) is 9.52 Å². The van der Waals surface area contributed by atoms with Crippen LogP contribution in [0.25, 0.3) is 0 Å². The Morgan fingerprint density at radius 2 is 2.14 bits per heavy atom. The minimum absolute atomic E-state index is 0.184. The fourth-order valence-electron chi connectivity index (χ4n) is 0.806. The Labute approximate surface area is 95.6 Å². The number of halogens is 5. The zero-order valence-corrected chi connectivity index (χ0v) is 9.31. The van der Waals surface area contributed by atoms with Gasteiger partial charge in [0.05, 0.1) is 11.1 Å². The molecule has 7 heteroatoms. The van der Waals surface area contributed by atoms with Crippen molar-refractivity contribution in [3.05, 3.63) is 26.8 Å². The maximum atomic E-state index is 13.2. The lowest BCUT2D eigenvalue weighted by atomic mass is 10.2. The van der Waals surface area contributed by atoms with E-state index < -0.39 is 28.6 Å². The SMILES string of the molecule is O=C(Cl)c1cnc(I)c(C(F)F)c1F. The van der Waals surface area contributed by atoms with Gasteiger partial charge in [-0.15, -0.1) is 0 Å². The number of alkyl halides is 2. The van der Waals surface area contributed by atoms with Crippen molar-refractivity contribution in [3.8, 4) is 0 Å². The first-order valence-electron chi connectivity index (χ1n) is 3.27. The zero-order valence-electron chi connectivity index (χ0n) is 6.40. The quantitative estimate of drug-likeness (QED) is 0.472. The van der Waals surface area contributed by atoms with Gasteiger partial charge in [-0.3, -0.25) is 4.79 Å². The second kappa shape index (κ2) is 4.43. The molecule has 0 bridgehead atoms. The molecule has 0 spiro atoms. The number of carbonyl (C=O) groups is 1. The molecule has 1 heterocycles. The molecule has 0 atom stereocenters. The molecule has 0 unspecified atom stereocenters. The Morgan fingerprint density at radius 1 is 1.57 bits per heavy atom. The van der Waals surface area contributed by atoms with E-state index in [2.05, 4.69) is 4.98 Å². The van der Waals surface area contributed by atoms with Crippen LogP contribution in [0.2, 0.25) is 0 Å². The van der Waals surface area contributed by atoms with Crippen LogP contribution in [0.1, 0.15) is 22.3 Å². The summed E-state index contributed by atoms with van der Waals surface area (Å²) >= 11 is 6.43. The third-order valence-corrected chi connectivity index (χ3v) is 2.50.